The lowest BCUT2D eigenvalue weighted by atomic mass is 9.95. The number of thiophene rings is 2. The highest BCUT2D eigenvalue weighted by Gasteiger charge is 2.44. The van der Waals surface area contributed by atoms with Gasteiger partial charge < -0.3 is 0 Å². The van der Waals surface area contributed by atoms with Crippen LogP contribution in [0.2, 0.25) is 0 Å². The molecule has 0 radical (unpaired) electrons. The van der Waals surface area contributed by atoms with Crippen LogP contribution in [0.3, 0.4) is 0 Å². The van der Waals surface area contributed by atoms with Gasteiger partial charge in [-0.15, -0.1) is 22.7 Å². The summed E-state index contributed by atoms with van der Waals surface area (Å²) in [4.78, 5) is 62.1. The molecule has 8 heteroatoms. The van der Waals surface area contributed by atoms with Gasteiger partial charge in [-0.1, -0.05) is 11.1 Å². The maximum absolute atomic E-state index is 13.9. The summed E-state index contributed by atoms with van der Waals surface area (Å²) in [6.45, 7) is 19.2. The molecule has 0 unspecified atom stereocenters. The quantitative estimate of drug-likeness (QED) is 0.216. The third-order valence-electron chi connectivity index (χ3n) is 8.17. The van der Waals surface area contributed by atoms with Crippen molar-refractivity contribution in [2.75, 3.05) is 9.80 Å². The minimum atomic E-state index is -0.387. The molecule has 0 bridgehead atoms. The van der Waals surface area contributed by atoms with Crippen LogP contribution < -0.4 is 9.80 Å². The van der Waals surface area contributed by atoms with E-state index in [9.17, 15) is 19.2 Å². The van der Waals surface area contributed by atoms with Gasteiger partial charge in [-0.3, -0.25) is 19.2 Å². The zero-order chi connectivity index (χ0) is 32.4. The molecule has 4 amide bonds. The van der Waals surface area contributed by atoms with Gasteiger partial charge in [0.1, 0.15) is 0 Å². The summed E-state index contributed by atoms with van der Waals surface area (Å²) in [6.07, 6.45) is 0. The first-order valence-corrected chi connectivity index (χ1v) is 16.1. The van der Waals surface area contributed by atoms with Crippen molar-refractivity contribution in [1.82, 2.24) is 0 Å². The van der Waals surface area contributed by atoms with Crippen molar-refractivity contribution in [2.24, 2.45) is 0 Å². The van der Waals surface area contributed by atoms with E-state index in [0.717, 1.165) is 52.9 Å². The zero-order valence-corrected chi connectivity index (χ0v) is 28.4. The maximum atomic E-state index is 13.9. The normalized spacial score (nSPS) is 17.9. The van der Waals surface area contributed by atoms with Gasteiger partial charge in [-0.25, -0.2) is 9.80 Å². The van der Waals surface area contributed by atoms with Crippen molar-refractivity contribution in [3.63, 3.8) is 0 Å². The largest absolute Gasteiger partial charge is 0.268 e. The molecule has 5 rings (SSSR count). The Morgan fingerprint density at radius 1 is 0.500 bits per heavy atom. The SMILES string of the molecule is CC(C)=C1C(=O)N(c2ccc(N3C(=O)C(=C(C)C)/C(=C(/C)c4cc(C)sc4C)C3=O)cc2)C(=O)/C1=C(\C)c1cc(C)sc1C. The Balaban J connectivity index is 1.55. The predicted octanol–water partition coefficient (Wildman–Crippen LogP) is 8.41. The Morgan fingerprint density at radius 3 is 1.05 bits per heavy atom. The molecule has 2 fully saturated rings. The van der Waals surface area contributed by atoms with Gasteiger partial charge in [-0.2, -0.15) is 0 Å². The molecule has 6 nitrogen and oxygen atoms in total. The summed E-state index contributed by atoms with van der Waals surface area (Å²) in [5.74, 6) is -1.54. The van der Waals surface area contributed by atoms with E-state index in [2.05, 4.69) is 12.1 Å². The monoisotopic (exact) mass is 624 g/mol. The van der Waals surface area contributed by atoms with Gasteiger partial charge in [0.2, 0.25) is 0 Å². The van der Waals surface area contributed by atoms with Crippen LogP contribution in [-0.2, 0) is 19.2 Å². The van der Waals surface area contributed by atoms with Crippen LogP contribution in [0.4, 0.5) is 11.4 Å². The number of benzene rings is 1. The molecule has 3 aromatic rings. The molecular weight excluding hydrogens is 589 g/mol. The average molecular weight is 625 g/mol. The highest BCUT2D eigenvalue weighted by atomic mass is 32.1. The Kier molecular flexibility index (Phi) is 8.12. The second kappa shape index (κ2) is 11.4. The summed E-state index contributed by atoms with van der Waals surface area (Å²) < 4.78 is 0. The lowest BCUT2D eigenvalue weighted by molar-refractivity contribution is -0.121. The van der Waals surface area contributed by atoms with Gasteiger partial charge in [-0.05, 0) is 128 Å². The number of nitrogens with zero attached hydrogens (tertiary/aromatic N) is 2. The molecule has 2 aliphatic heterocycles. The van der Waals surface area contributed by atoms with Gasteiger partial charge in [0.15, 0.2) is 0 Å². The van der Waals surface area contributed by atoms with Crippen LogP contribution >= 0.6 is 22.7 Å². The molecule has 2 aliphatic rings. The molecule has 0 spiro atoms. The molecule has 0 saturated carbocycles. The van der Waals surface area contributed by atoms with Crippen LogP contribution in [-0.4, -0.2) is 23.6 Å². The number of anilines is 2. The summed E-state index contributed by atoms with van der Waals surface area (Å²) in [5.41, 5.74) is 7.36. The van der Waals surface area contributed by atoms with Crippen molar-refractivity contribution in [1.29, 1.82) is 0 Å². The molecule has 0 aliphatic carbocycles. The lowest BCUT2D eigenvalue weighted by Gasteiger charge is -2.17. The van der Waals surface area contributed by atoms with E-state index in [-0.39, 0.29) is 23.6 Å². The van der Waals surface area contributed by atoms with Gasteiger partial charge in [0, 0.05) is 19.5 Å². The number of carbonyl (C=O) groups excluding carboxylic acids is 4. The van der Waals surface area contributed by atoms with E-state index in [1.165, 1.54) is 9.80 Å². The number of amides is 4. The smallest absolute Gasteiger partial charge is 0.266 e. The molecule has 0 atom stereocenters. The van der Waals surface area contributed by atoms with Crippen LogP contribution in [0.25, 0.3) is 11.1 Å². The zero-order valence-electron chi connectivity index (χ0n) is 26.8. The molecule has 2 aromatic heterocycles. The number of allylic oxidation sites excluding steroid dienone is 4. The third-order valence-corrected chi connectivity index (χ3v) is 10.1. The number of hydrogen-bond donors (Lipinski definition) is 0. The van der Waals surface area contributed by atoms with E-state index in [4.69, 9.17) is 0 Å². The van der Waals surface area contributed by atoms with Gasteiger partial charge in [0.05, 0.1) is 33.7 Å². The Bertz CT molecular complexity index is 1780. The summed E-state index contributed by atoms with van der Waals surface area (Å²) in [6, 6.07) is 10.6. The fraction of sp³-hybridized carbons (Fsp3) is 0.278. The van der Waals surface area contributed by atoms with Crippen LogP contribution in [0.1, 0.15) is 72.2 Å². The number of aryl methyl sites for hydroxylation is 4. The molecule has 4 heterocycles. The number of carbonyl (C=O) groups is 4. The first-order valence-electron chi connectivity index (χ1n) is 14.5. The van der Waals surface area contributed by atoms with Crippen molar-refractivity contribution in [3.05, 3.63) is 100 Å². The van der Waals surface area contributed by atoms with E-state index in [1.54, 1.807) is 46.9 Å². The van der Waals surface area contributed by atoms with E-state index in [0.29, 0.717) is 33.7 Å². The maximum Gasteiger partial charge on any atom is 0.266 e. The van der Waals surface area contributed by atoms with Gasteiger partial charge >= 0.3 is 0 Å². The minimum Gasteiger partial charge on any atom is -0.268 e. The van der Waals surface area contributed by atoms with Crippen molar-refractivity contribution in [2.45, 2.75) is 69.2 Å². The number of imide groups is 2. The summed E-state index contributed by atoms with van der Waals surface area (Å²) in [5, 5.41) is 0. The topological polar surface area (TPSA) is 74.8 Å². The molecule has 44 heavy (non-hydrogen) atoms. The fourth-order valence-corrected chi connectivity index (χ4v) is 8.14. The number of hydrogen-bond acceptors (Lipinski definition) is 6. The second-order valence-electron chi connectivity index (χ2n) is 11.8. The van der Waals surface area contributed by atoms with E-state index >= 15 is 0 Å². The molecule has 0 N–H and O–H groups in total. The Labute approximate surface area is 266 Å². The third kappa shape index (κ3) is 4.96. The summed E-state index contributed by atoms with van der Waals surface area (Å²) in [7, 11) is 0. The minimum absolute atomic E-state index is 0.376. The fourth-order valence-electron chi connectivity index (χ4n) is 6.18. The standard InChI is InChI=1S/C36H36N2O4S2/c1-17(2)29-31(21(7)27-15-19(5)43-23(27)9)35(41)37(33(29)39)25-11-13-26(14-12-25)38-34(40)30(18(3)4)32(36(38)42)22(8)28-16-20(6)44-24(28)10/h11-16H,1-10H3/b31-21+,32-22+. The highest BCUT2D eigenvalue weighted by Crippen LogP contribution is 2.41. The lowest BCUT2D eigenvalue weighted by Crippen LogP contribution is -2.31. The molecule has 2 saturated heterocycles. The Hall–Kier alpha value is -4.14. The Morgan fingerprint density at radius 2 is 0.795 bits per heavy atom. The van der Waals surface area contributed by atoms with Crippen LogP contribution in [0.5, 0.6) is 0 Å². The first-order chi connectivity index (χ1) is 20.6. The van der Waals surface area contributed by atoms with Crippen molar-refractivity contribution < 1.29 is 19.2 Å². The predicted molar refractivity (Wildman–Crippen MR) is 181 cm³/mol. The average Bonchev–Trinajstić information content (AvgIpc) is 3.63. The molecule has 1 aromatic carbocycles. The van der Waals surface area contributed by atoms with Crippen molar-refractivity contribution in [3.8, 4) is 0 Å². The van der Waals surface area contributed by atoms with Crippen LogP contribution in [0, 0.1) is 27.7 Å². The summed E-state index contributed by atoms with van der Waals surface area (Å²) >= 11 is 3.31. The molecular formula is C36H36N2O4S2. The van der Waals surface area contributed by atoms with E-state index < -0.39 is 0 Å². The molecule has 226 valence electrons. The van der Waals surface area contributed by atoms with E-state index in [1.807, 2.05) is 69.2 Å². The van der Waals surface area contributed by atoms with Crippen molar-refractivity contribution >= 4 is 68.8 Å². The second-order valence-corrected chi connectivity index (χ2v) is 14.7. The van der Waals surface area contributed by atoms with Crippen LogP contribution in [0.15, 0.2) is 69.8 Å². The highest BCUT2D eigenvalue weighted by molar-refractivity contribution is 7.12. The first kappa shape index (κ1) is 31.3. The van der Waals surface area contributed by atoms with Gasteiger partial charge in [0.25, 0.3) is 23.6 Å². The number of rotatable bonds is 4.